The van der Waals surface area contributed by atoms with Crippen LogP contribution in [0.25, 0.3) is 0 Å². The van der Waals surface area contributed by atoms with E-state index >= 15 is 0 Å². The summed E-state index contributed by atoms with van der Waals surface area (Å²) >= 11 is 0. The van der Waals surface area contributed by atoms with Gasteiger partial charge in [-0.1, -0.05) is 13.5 Å². The number of esters is 1. The molecule has 0 aliphatic rings. The van der Waals surface area contributed by atoms with Crippen LogP contribution in [-0.2, 0) is 14.0 Å². The largest absolute Gasteiger partial charge is 0.463 e. The quantitative estimate of drug-likeness (QED) is 0.349. The van der Waals surface area contributed by atoms with Gasteiger partial charge in [0.2, 0.25) is 0 Å². The molecule has 0 saturated carbocycles. The topological polar surface area (TPSA) is 35.5 Å². The maximum atomic E-state index is 10.6. The Bertz CT molecular complexity index is 147. The summed E-state index contributed by atoms with van der Waals surface area (Å²) in [4.78, 5) is 10.6. The third kappa shape index (κ3) is 6.12. The molecule has 0 fully saturated rings. The van der Waals surface area contributed by atoms with E-state index in [1.165, 1.54) is 6.08 Å². The number of rotatable bonds is 6. The smallest absolute Gasteiger partial charge is 0.330 e. The Kier molecular flexibility index (Phi) is 6.70. The Morgan fingerprint density at radius 1 is 1.75 bits per heavy atom. The minimum Gasteiger partial charge on any atom is -0.463 e. The van der Waals surface area contributed by atoms with Gasteiger partial charge >= 0.3 is 5.97 Å². The molecule has 3 nitrogen and oxygen atoms in total. The fourth-order valence-electron chi connectivity index (χ4n) is 0.787. The summed E-state index contributed by atoms with van der Waals surface area (Å²) in [7, 11) is 1.30. The van der Waals surface area contributed by atoms with Gasteiger partial charge in [-0.2, -0.15) is 0 Å². The third-order valence-electron chi connectivity index (χ3n) is 1.47. The molecule has 0 aromatic carbocycles. The molecule has 0 radical (unpaired) electrons. The Morgan fingerprint density at radius 2 is 2.42 bits per heavy atom. The molecule has 0 aliphatic carbocycles. The van der Waals surface area contributed by atoms with E-state index in [1.54, 1.807) is 7.11 Å². The van der Waals surface area contributed by atoms with Crippen LogP contribution in [0.5, 0.6) is 0 Å². The van der Waals surface area contributed by atoms with E-state index in [-0.39, 0.29) is 5.97 Å². The molecule has 0 N–H and O–H groups in total. The van der Waals surface area contributed by atoms with Crippen molar-refractivity contribution in [2.75, 3.05) is 13.7 Å². The normalized spacial score (nSPS) is 13.2. The molecule has 0 bridgehead atoms. The zero-order valence-electron chi connectivity index (χ0n) is 7.71. The molecule has 1 atom stereocenters. The third-order valence-corrected chi connectivity index (χ3v) is 2.78. The number of hydrogen-bond acceptors (Lipinski definition) is 3. The van der Waals surface area contributed by atoms with Crippen LogP contribution in [0, 0.1) is 0 Å². The van der Waals surface area contributed by atoms with Crippen LogP contribution in [-0.4, -0.2) is 29.4 Å². The van der Waals surface area contributed by atoms with Gasteiger partial charge in [-0.05, 0) is 12.0 Å². The maximum absolute atomic E-state index is 10.6. The second-order valence-corrected chi connectivity index (χ2v) is 5.03. The molecule has 4 heteroatoms. The van der Waals surface area contributed by atoms with Crippen molar-refractivity contribution < 1.29 is 14.0 Å². The van der Waals surface area contributed by atoms with E-state index in [9.17, 15) is 4.79 Å². The molecule has 0 amide bonds. The average Bonchev–Trinajstić information content (AvgIpc) is 2.04. The number of ether oxygens (including phenoxy) is 1. The summed E-state index contributed by atoms with van der Waals surface area (Å²) in [6.07, 6.45) is 2.07. The second-order valence-electron chi connectivity index (χ2n) is 2.72. The van der Waals surface area contributed by atoms with Gasteiger partial charge in [-0.25, -0.2) is 4.79 Å². The summed E-state index contributed by atoms with van der Waals surface area (Å²) in [6, 6.07) is 0. The minimum atomic E-state index is -0.422. The predicted octanol–water partition coefficient (Wildman–Crippen LogP) is 0.644. The Morgan fingerprint density at radius 3 is 2.92 bits per heavy atom. The van der Waals surface area contributed by atoms with Gasteiger partial charge in [0.25, 0.3) is 0 Å². The molecule has 0 aliphatic heterocycles. The number of carbonyl (C=O) groups is 1. The molecular weight excluding hydrogens is 172 g/mol. The highest BCUT2D eigenvalue weighted by molar-refractivity contribution is 6.29. The first-order valence-electron chi connectivity index (χ1n) is 3.98. The molecule has 0 aromatic heterocycles. The molecule has 12 heavy (non-hydrogen) atoms. The summed E-state index contributed by atoms with van der Waals surface area (Å²) in [5.41, 5.74) is 0.563. The molecule has 0 spiro atoms. The zero-order valence-corrected chi connectivity index (χ0v) is 9.12. The van der Waals surface area contributed by atoms with Crippen LogP contribution in [0.15, 0.2) is 12.7 Å². The second kappa shape index (κ2) is 7.06. The van der Waals surface area contributed by atoms with E-state index in [0.717, 1.165) is 6.42 Å². The van der Waals surface area contributed by atoms with Crippen molar-refractivity contribution in [3.8, 4) is 0 Å². The molecule has 0 rings (SSSR count). The van der Waals surface area contributed by atoms with Crippen molar-refractivity contribution >= 4 is 15.7 Å². The van der Waals surface area contributed by atoms with Crippen LogP contribution in [0.1, 0.15) is 13.3 Å². The van der Waals surface area contributed by atoms with Crippen LogP contribution in [0.2, 0.25) is 5.54 Å². The molecule has 0 aromatic rings. The van der Waals surface area contributed by atoms with Gasteiger partial charge in [-0.15, -0.1) is 0 Å². The summed E-state index contributed by atoms with van der Waals surface area (Å²) < 4.78 is 9.88. The van der Waals surface area contributed by atoms with Crippen LogP contribution >= 0.6 is 0 Å². The lowest BCUT2D eigenvalue weighted by molar-refractivity contribution is -0.137. The van der Waals surface area contributed by atoms with Gasteiger partial charge in [0.15, 0.2) is 9.76 Å². The van der Waals surface area contributed by atoms with E-state index in [4.69, 9.17) is 9.16 Å². The first-order chi connectivity index (χ1) is 5.70. The van der Waals surface area contributed by atoms with E-state index in [0.29, 0.717) is 12.1 Å². The highest BCUT2D eigenvalue weighted by atomic mass is 28.2. The van der Waals surface area contributed by atoms with Crippen molar-refractivity contribution in [1.29, 1.82) is 0 Å². The van der Waals surface area contributed by atoms with Gasteiger partial charge in [0.1, 0.15) is 0 Å². The number of carbonyl (C=O) groups excluding carboxylic acids is 1. The number of hydrogen-bond donors (Lipinski definition) is 0. The summed E-state index contributed by atoms with van der Waals surface area (Å²) in [6.45, 7) is 5.89. The highest BCUT2D eigenvalue weighted by Crippen LogP contribution is 2.06. The maximum Gasteiger partial charge on any atom is 0.330 e. The van der Waals surface area contributed by atoms with Crippen LogP contribution in [0.3, 0.4) is 0 Å². The standard InChI is InChI=1S/C8H16O3Si/c1-4-8(9)11-6-5-7(2)12-10-3/h4,7H,1,5-6,12H2,2-3H3. The Labute approximate surface area is 75.7 Å². The molecule has 0 heterocycles. The monoisotopic (exact) mass is 188 g/mol. The Balaban J connectivity index is 3.30. The molecule has 1 unspecified atom stereocenters. The first-order valence-corrected chi connectivity index (χ1v) is 5.38. The molecular formula is C8H16O3Si. The fourth-order valence-corrected chi connectivity index (χ4v) is 1.69. The van der Waals surface area contributed by atoms with Gasteiger partial charge in [0, 0.05) is 13.2 Å². The Hall–Kier alpha value is -0.613. The van der Waals surface area contributed by atoms with Crippen molar-refractivity contribution in [1.82, 2.24) is 0 Å². The summed E-state index contributed by atoms with van der Waals surface area (Å²) in [5, 5.41) is 0. The molecule has 70 valence electrons. The SMILES string of the molecule is C=CC(=O)OCCC(C)[SiH2]OC. The van der Waals surface area contributed by atoms with Crippen molar-refractivity contribution in [2.24, 2.45) is 0 Å². The predicted molar refractivity (Wildman–Crippen MR) is 50.8 cm³/mol. The van der Waals surface area contributed by atoms with Crippen LogP contribution in [0.4, 0.5) is 0 Å². The van der Waals surface area contributed by atoms with Crippen LogP contribution < -0.4 is 0 Å². The van der Waals surface area contributed by atoms with Gasteiger partial charge in [-0.3, -0.25) is 0 Å². The van der Waals surface area contributed by atoms with Gasteiger partial charge in [0.05, 0.1) is 6.61 Å². The lowest BCUT2D eigenvalue weighted by Gasteiger charge is -2.08. The van der Waals surface area contributed by atoms with Crippen molar-refractivity contribution in [2.45, 2.75) is 18.9 Å². The lowest BCUT2D eigenvalue weighted by Crippen LogP contribution is -2.08. The van der Waals surface area contributed by atoms with Crippen molar-refractivity contribution in [3.63, 3.8) is 0 Å². The molecule has 0 saturated heterocycles. The van der Waals surface area contributed by atoms with E-state index < -0.39 is 9.76 Å². The van der Waals surface area contributed by atoms with E-state index in [2.05, 4.69) is 13.5 Å². The highest BCUT2D eigenvalue weighted by Gasteiger charge is 2.03. The van der Waals surface area contributed by atoms with Gasteiger partial charge < -0.3 is 9.16 Å². The first kappa shape index (κ1) is 11.4. The zero-order chi connectivity index (χ0) is 9.40. The average molecular weight is 188 g/mol. The summed E-state index contributed by atoms with van der Waals surface area (Å²) in [5.74, 6) is -0.346. The minimum absolute atomic E-state index is 0.346. The van der Waals surface area contributed by atoms with E-state index in [1.807, 2.05) is 0 Å². The lowest BCUT2D eigenvalue weighted by atomic mass is 10.3. The van der Waals surface area contributed by atoms with Crippen molar-refractivity contribution in [3.05, 3.63) is 12.7 Å². The fraction of sp³-hybridized carbons (Fsp3) is 0.625.